The predicted molar refractivity (Wildman–Crippen MR) is 77.6 cm³/mol. The lowest BCUT2D eigenvalue weighted by atomic mass is 9.95. The molecule has 1 N–H and O–H groups in total. The molecule has 2 saturated heterocycles. The number of hydrogen-bond donors (Lipinski definition) is 1. The Morgan fingerprint density at radius 3 is 3.11 bits per heavy atom. The van der Waals surface area contributed by atoms with Crippen molar-refractivity contribution in [1.82, 2.24) is 10.2 Å². The Hall–Kier alpha value is -0.900. The number of likely N-dealkylation sites (tertiary alicyclic amines) is 1. The molecule has 0 bridgehead atoms. The number of hydrogen-bond acceptors (Lipinski definition) is 3. The van der Waals surface area contributed by atoms with Gasteiger partial charge < -0.3 is 15.0 Å². The molecule has 0 spiro atoms. The Morgan fingerprint density at radius 1 is 1.42 bits per heavy atom. The first kappa shape index (κ1) is 13.1. The number of morpholine rings is 1. The highest BCUT2D eigenvalue weighted by molar-refractivity contribution is 5.28. The average Bonchev–Trinajstić information content (AvgIpc) is 2.87. The standard InChI is InChI=1S/C16H24N2O/c1-18-7-5-15(12-18)14-4-2-3-13(9-14)10-16-11-17-6-8-19-16/h2-4,9,15-17H,5-8,10-12H2,1H3. The summed E-state index contributed by atoms with van der Waals surface area (Å²) in [6.07, 6.45) is 2.67. The highest BCUT2D eigenvalue weighted by Crippen LogP contribution is 2.27. The van der Waals surface area contributed by atoms with Crippen molar-refractivity contribution in [3.05, 3.63) is 35.4 Å². The zero-order chi connectivity index (χ0) is 13.1. The van der Waals surface area contributed by atoms with Gasteiger partial charge in [-0.25, -0.2) is 0 Å². The van der Waals surface area contributed by atoms with E-state index >= 15 is 0 Å². The van der Waals surface area contributed by atoms with E-state index in [0.29, 0.717) is 6.10 Å². The third kappa shape index (κ3) is 3.35. The zero-order valence-corrected chi connectivity index (χ0v) is 11.8. The van der Waals surface area contributed by atoms with Gasteiger partial charge in [0.1, 0.15) is 0 Å². The van der Waals surface area contributed by atoms with E-state index < -0.39 is 0 Å². The van der Waals surface area contributed by atoms with Crippen LogP contribution in [0.15, 0.2) is 24.3 Å². The molecule has 2 atom stereocenters. The second-order valence-electron chi connectivity index (χ2n) is 5.89. The highest BCUT2D eigenvalue weighted by Gasteiger charge is 2.21. The number of nitrogens with zero attached hydrogens (tertiary/aromatic N) is 1. The minimum atomic E-state index is 0.343. The summed E-state index contributed by atoms with van der Waals surface area (Å²) < 4.78 is 5.79. The van der Waals surface area contributed by atoms with Gasteiger partial charge in [0.15, 0.2) is 0 Å². The van der Waals surface area contributed by atoms with Gasteiger partial charge in [-0.2, -0.15) is 0 Å². The SMILES string of the molecule is CN1CCC(c2cccc(CC3CNCCO3)c2)C1. The molecule has 2 unspecified atom stereocenters. The summed E-state index contributed by atoms with van der Waals surface area (Å²) in [5.41, 5.74) is 2.92. The zero-order valence-electron chi connectivity index (χ0n) is 11.8. The normalized spacial score (nSPS) is 28.7. The molecule has 3 nitrogen and oxygen atoms in total. The summed E-state index contributed by atoms with van der Waals surface area (Å²) in [4.78, 5) is 2.42. The summed E-state index contributed by atoms with van der Waals surface area (Å²) in [5, 5.41) is 3.40. The molecule has 19 heavy (non-hydrogen) atoms. The molecule has 2 heterocycles. The number of benzene rings is 1. The van der Waals surface area contributed by atoms with Gasteiger partial charge in [-0.1, -0.05) is 24.3 Å². The summed E-state index contributed by atoms with van der Waals surface area (Å²) in [7, 11) is 2.21. The van der Waals surface area contributed by atoms with Gasteiger partial charge in [-0.05, 0) is 43.5 Å². The van der Waals surface area contributed by atoms with Crippen molar-refractivity contribution in [2.24, 2.45) is 0 Å². The lowest BCUT2D eigenvalue weighted by molar-refractivity contribution is 0.0292. The maximum atomic E-state index is 5.79. The molecular weight excluding hydrogens is 236 g/mol. The Balaban J connectivity index is 1.65. The number of ether oxygens (including phenoxy) is 1. The molecule has 0 saturated carbocycles. The summed E-state index contributed by atoms with van der Waals surface area (Å²) in [6.45, 7) is 5.24. The first-order chi connectivity index (χ1) is 9.31. The van der Waals surface area contributed by atoms with E-state index in [1.165, 1.54) is 30.6 Å². The molecule has 3 heteroatoms. The van der Waals surface area contributed by atoms with Crippen molar-refractivity contribution in [3.63, 3.8) is 0 Å². The molecule has 3 rings (SSSR count). The van der Waals surface area contributed by atoms with Crippen molar-refractivity contribution >= 4 is 0 Å². The van der Waals surface area contributed by atoms with Gasteiger partial charge in [-0.15, -0.1) is 0 Å². The molecule has 1 aromatic rings. The first-order valence-electron chi connectivity index (χ1n) is 7.41. The maximum absolute atomic E-state index is 5.79. The molecule has 104 valence electrons. The average molecular weight is 260 g/mol. The van der Waals surface area contributed by atoms with Crippen LogP contribution >= 0.6 is 0 Å². The van der Waals surface area contributed by atoms with Crippen LogP contribution in [0.3, 0.4) is 0 Å². The highest BCUT2D eigenvalue weighted by atomic mass is 16.5. The first-order valence-corrected chi connectivity index (χ1v) is 7.41. The van der Waals surface area contributed by atoms with Crippen molar-refractivity contribution in [1.29, 1.82) is 0 Å². The molecule has 2 aliphatic heterocycles. The topological polar surface area (TPSA) is 24.5 Å². The van der Waals surface area contributed by atoms with Crippen LogP contribution in [-0.2, 0) is 11.2 Å². The van der Waals surface area contributed by atoms with Gasteiger partial charge in [0.05, 0.1) is 12.7 Å². The number of likely N-dealkylation sites (N-methyl/N-ethyl adjacent to an activating group) is 1. The summed E-state index contributed by atoms with van der Waals surface area (Å²) in [5.74, 6) is 0.718. The summed E-state index contributed by atoms with van der Waals surface area (Å²) >= 11 is 0. The van der Waals surface area contributed by atoms with Crippen molar-refractivity contribution in [2.75, 3.05) is 39.8 Å². The van der Waals surface area contributed by atoms with Crippen LogP contribution < -0.4 is 5.32 Å². The second-order valence-corrected chi connectivity index (χ2v) is 5.89. The monoisotopic (exact) mass is 260 g/mol. The van der Waals surface area contributed by atoms with Crippen LogP contribution in [0.5, 0.6) is 0 Å². The Kier molecular flexibility index (Phi) is 4.16. The van der Waals surface area contributed by atoms with Gasteiger partial charge in [0, 0.05) is 19.6 Å². The van der Waals surface area contributed by atoms with E-state index in [1.807, 2.05) is 0 Å². The van der Waals surface area contributed by atoms with Crippen LogP contribution in [0.4, 0.5) is 0 Å². The van der Waals surface area contributed by atoms with Gasteiger partial charge in [0.25, 0.3) is 0 Å². The van der Waals surface area contributed by atoms with Crippen LogP contribution in [0, 0.1) is 0 Å². The van der Waals surface area contributed by atoms with E-state index in [9.17, 15) is 0 Å². The van der Waals surface area contributed by atoms with E-state index in [-0.39, 0.29) is 0 Å². The minimum Gasteiger partial charge on any atom is -0.375 e. The predicted octanol–water partition coefficient (Wildman–Crippen LogP) is 1.64. The largest absolute Gasteiger partial charge is 0.375 e. The molecule has 0 amide bonds. The van der Waals surface area contributed by atoms with E-state index in [1.54, 1.807) is 0 Å². The quantitative estimate of drug-likeness (QED) is 0.894. The molecular formula is C16H24N2O. The Bertz CT molecular complexity index is 415. The van der Waals surface area contributed by atoms with E-state index in [4.69, 9.17) is 4.74 Å². The van der Waals surface area contributed by atoms with Crippen molar-refractivity contribution in [2.45, 2.75) is 24.9 Å². The minimum absolute atomic E-state index is 0.343. The van der Waals surface area contributed by atoms with Gasteiger partial charge in [0.2, 0.25) is 0 Å². The second kappa shape index (κ2) is 6.04. The molecule has 1 aromatic carbocycles. The van der Waals surface area contributed by atoms with Gasteiger partial charge >= 0.3 is 0 Å². The van der Waals surface area contributed by atoms with Gasteiger partial charge in [-0.3, -0.25) is 0 Å². The van der Waals surface area contributed by atoms with Crippen molar-refractivity contribution in [3.8, 4) is 0 Å². The molecule has 0 aliphatic carbocycles. The summed E-state index contributed by atoms with van der Waals surface area (Å²) in [6, 6.07) is 9.12. The number of rotatable bonds is 3. The van der Waals surface area contributed by atoms with Crippen LogP contribution in [0.2, 0.25) is 0 Å². The smallest absolute Gasteiger partial charge is 0.0740 e. The third-order valence-electron chi connectivity index (χ3n) is 4.28. The van der Waals surface area contributed by atoms with Crippen LogP contribution in [0.25, 0.3) is 0 Å². The third-order valence-corrected chi connectivity index (χ3v) is 4.28. The molecule has 0 aromatic heterocycles. The van der Waals surface area contributed by atoms with E-state index in [0.717, 1.165) is 32.0 Å². The lowest BCUT2D eigenvalue weighted by Gasteiger charge is -2.24. The molecule has 0 radical (unpaired) electrons. The Morgan fingerprint density at radius 2 is 2.37 bits per heavy atom. The van der Waals surface area contributed by atoms with E-state index in [2.05, 4.69) is 41.5 Å². The molecule has 2 aliphatic rings. The number of nitrogens with one attached hydrogen (secondary N) is 1. The fraction of sp³-hybridized carbons (Fsp3) is 0.625. The fourth-order valence-electron chi connectivity index (χ4n) is 3.19. The Labute approximate surface area is 115 Å². The fourth-order valence-corrected chi connectivity index (χ4v) is 3.19. The van der Waals surface area contributed by atoms with Crippen LogP contribution in [-0.4, -0.2) is 50.8 Å². The lowest BCUT2D eigenvalue weighted by Crippen LogP contribution is -2.39. The maximum Gasteiger partial charge on any atom is 0.0740 e. The molecule has 2 fully saturated rings. The van der Waals surface area contributed by atoms with Crippen molar-refractivity contribution < 1.29 is 4.74 Å². The van der Waals surface area contributed by atoms with Crippen LogP contribution in [0.1, 0.15) is 23.5 Å².